The van der Waals surface area contributed by atoms with E-state index in [1.807, 2.05) is 49.4 Å². The largest absolute Gasteiger partial charge is 0.271 e. The van der Waals surface area contributed by atoms with Crippen molar-refractivity contribution in [1.82, 2.24) is 5.43 Å². The SMILES string of the molecule is Cc1ccc(S(=O)(=O)N(CC(=O)N/N=C\c2cccc3ccccc23)c2cccc(Br)c2)cc1. The number of nitrogens with zero attached hydrogens (tertiary/aromatic N) is 2. The summed E-state index contributed by atoms with van der Waals surface area (Å²) in [5, 5.41) is 6.13. The monoisotopic (exact) mass is 535 g/mol. The van der Waals surface area contributed by atoms with Gasteiger partial charge in [-0.1, -0.05) is 82.2 Å². The van der Waals surface area contributed by atoms with Gasteiger partial charge >= 0.3 is 0 Å². The Balaban J connectivity index is 1.58. The molecule has 8 heteroatoms. The van der Waals surface area contributed by atoms with Crippen LogP contribution in [0.25, 0.3) is 10.8 Å². The molecule has 1 N–H and O–H groups in total. The first-order valence-electron chi connectivity index (χ1n) is 10.5. The molecule has 4 aromatic rings. The number of carbonyl (C=O) groups is 1. The summed E-state index contributed by atoms with van der Waals surface area (Å²) >= 11 is 3.37. The lowest BCUT2D eigenvalue weighted by atomic mass is 10.1. The molecule has 0 heterocycles. The first kappa shape index (κ1) is 23.7. The van der Waals surface area contributed by atoms with Crippen molar-refractivity contribution < 1.29 is 13.2 Å². The Labute approximate surface area is 207 Å². The molecule has 6 nitrogen and oxygen atoms in total. The van der Waals surface area contributed by atoms with E-state index in [-0.39, 0.29) is 4.90 Å². The minimum absolute atomic E-state index is 0.102. The standard InChI is InChI=1S/C26H22BrN3O3S/c1-19-12-14-24(15-13-19)34(32,33)30(23-10-5-9-22(27)16-23)18-26(31)29-28-17-21-8-4-7-20-6-2-3-11-25(20)21/h2-17H,18H2,1H3,(H,29,31)/b28-17-. The maximum absolute atomic E-state index is 13.4. The smallest absolute Gasteiger partial charge is 0.264 e. The van der Waals surface area contributed by atoms with Crippen molar-refractivity contribution in [2.45, 2.75) is 11.8 Å². The van der Waals surface area contributed by atoms with Crippen molar-refractivity contribution >= 4 is 54.5 Å². The molecule has 0 aromatic heterocycles. The van der Waals surface area contributed by atoms with Crippen LogP contribution in [-0.4, -0.2) is 27.1 Å². The van der Waals surface area contributed by atoms with Crippen molar-refractivity contribution in [1.29, 1.82) is 0 Å². The molecule has 0 radical (unpaired) electrons. The van der Waals surface area contributed by atoms with Crippen molar-refractivity contribution in [3.63, 3.8) is 0 Å². The number of amides is 1. The lowest BCUT2D eigenvalue weighted by Crippen LogP contribution is -2.39. The zero-order chi connectivity index (χ0) is 24.1. The Morgan fingerprint density at radius 3 is 2.44 bits per heavy atom. The Bertz CT molecular complexity index is 1460. The first-order valence-corrected chi connectivity index (χ1v) is 12.7. The van der Waals surface area contributed by atoms with E-state index < -0.39 is 22.5 Å². The van der Waals surface area contributed by atoms with Crippen LogP contribution in [0.3, 0.4) is 0 Å². The first-order chi connectivity index (χ1) is 16.3. The second kappa shape index (κ2) is 10.2. The summed E-state index contributed by atoms with van der Waals surface area (Å²) in [7, 11) is -3.99. The van der Waals surface area contributed by atoms with Crippen LogP contribution in [0.5, 0.6) is 0 Å². The number of halogens is 1. The van der Waals surface area contributed by atoms with Crippen LogP contribution >= 0.6 is 15.9 Å². The maximum atomic E-state index is 13.4. The van der Waals surface area contributed by atoms with Crippen LogP contribution in [0.2, 0.25) is 0 Å². The summed E-state index contributed by atoms with van der Waals surface area (Å²) in [6, 6.07) is 27.0. The van der Waals surface area contributed by atoms with E-state index in [2.05, 4.69) is 26.5 Å². The number of hydrazone groups is 1. The zero-order valence-electron chi connectivity index (χ0n) is 18.4. The summed E-state index contributed by atoms with van der Waals surface area (Å²) in [5.74, 6) is -0.563. The number of carbonyl (C=O) groups excluding carboxylic acids is 1. The Morgan fingerprint density at radius 1 is 0.971 bits per heavy atom. The van der Waals surface area contributed by atoms with Gasteiger partial charge in [0.1, 0.15) is 6.54 Å². The van der Waals surface area contributed by atoms with Gasteiger partial charge in [0.05, 0.1) is 16.8 Å². The summed E-state index contributed by atoms with van der Waals surface area (Å²) in [4.78, 5) is 12.9. The molecule has 172 valence electrons. The Morgan fingerprint density at radius 2 is 1.68 bits per heavy atom. The summed E-state index contributed by atoms with van der Waals surface area (Å²) in [6.07, 6.45) is 1.55. The quantitative estimate of drug-likeness (QED) is 0.259. The predicted molar refractivity (Wildman–Crippen MR) is 140 cm³/mol. The number of nitrogens with one attached hydrogen (secondary N) is 1. The molecule has 0 aliphatic carbocycles. The minimum Gasteiger partial charge on any atom is -0.271 e. The van der Waals surface area contributed by atoms with Gasteiger partial charge in [-0.25, -0.2) is 13.8 Å². The van der Waals surface area contributed by atoms with Gasteiger partial charge < -0.3 is 0 Å². The molecular weight excluding hydrogens is 514 g/mol. The highest BCUT2D eigenvalue weighted by atomic mass is 79.9. The van der Waals surface area contributed by atoms with E-state index in [0.717, 1.165) is 26.2 Å². The average Bonchev–Trinajstić information content (AvgIpc) is 2.83. The molecule has 0 aliphatic heterocycles. The van der Waals surface area contributed by atoms with Crippen LogP contribution in [-0.2, 0) is 14.8 Å². The molecular formula is C26H22BrN3O3S. The van der Waals surface area contributed by atoms with E-state index in [1.54, 1.807) is 42.6 Å². The van der Waals surface area contributed by atoms with E-state index >= 15 is 0 Å². The van der Waals surface area contributed by atoms with Gasteiger partial charge in [-0.05, 0) is 48.0 Å². The lowest BCUT2D eigenvalue weighted by Gasteiger charge is -2.24. The second-order valence-corrected chi connectivity index (χ2v) is 10.4. The summed E-state index contributed by atoms with van der Waals surface area (Å²) in [5.41, 5.74) is 4.60. The number of anilines is 1. The van der Waals surface area contributed by atoms with Crippen LogP contribution in [0.15, 0.2) is 105 Å². The van der Waals surface area contributed by atoms with Gasteiger partial charge in [0, 0.05) is 10.0 Å². The molecule has 4 aromatic carbocycles. The lowest BCUT2D eigenvalue weighted by molar-refractivity contribution is -0.119. The molecule has 0 atom stereocenters. The van der Waals surface area contributed by atoms with Crippen LogP contribution in [0.4, 0.5) is 5.69 Å². The average molecular weight is 536 g/mol. The van der Waals surface area contributed by atoms with Gasteiger partial charge in [-0.2, -0.15) is 5.10 Å². The third-order valence-electron chi connectivity index (χ3n) is 5.21. The molecule has 0 fully saturated rings. The fourth-order valence-electron chi connectivity index (χ4n) is 3.49. The number of aryl methyl sites for hydroxylation is 1. The predicted octanol–water partition coefficient (Wildman–Crippen LogP) is 5.26. The molecule has 0 bridgehead atoms. The molecule has 0 unspecified atom stereocenters. The van der Waals surface area contributed by atoms with Gasteiger partial charge in [0.2, 0.25) is 0 Å². The van der Waals surface area contributed by atoms with Crippen LogP contribution in [0.1, 0.15) is 11.1 Å². The number of benzene rings is 4. The molecule has 0 aliphatic rings. The summed E-state index contributed by atoms with van der Waals surface area (Å²) in [6.45, 7) is 1.45. The third-order valence-corrected chi connectivity index (χ3v) is 7.49. The summed E-state index contributed by atoms with van der Waals surface area (Å²) < 4.78 is 28.6. The van der Waals surface area contributed by atoms with Crippen molar-refractivity contribution in [3.05, 3.63) is 107 Å². The van der Waals surface area contributed by atoms with Gasteiger partial charge in [-0.3, -0.25) is 9.10 Å². The zero-order valence-corrected chi connectivity index (χ0v) is 20.8. The van der Waals surface area contributed by atoms with Gasteiger partial charge in [0.15, 0.2) is 0 Å². The van der Waals surface area contributed by atoms with Crippen molar-refractivity contribution in [3.8, 4) is 0 Å². The number of hydrogen-bond donors (Lipinski definition) is 1. The van der Waals surface area contributed by atoms with E-state index in [0.29, 0.717) is 10.2 Å². The fraction of sp³-hybridized carbons (Fsp3) is 0.0769. The van der Waals surface area contributed by atoms with Gasteiger partial charge in [0.25, 0.3) is 15.9 Å². The molecule has 0 saturated heterocycles. The van der Waals surface area contributed by atoms with Crippen LogP contribution < -0.4 is 9.73 Å². The van der Waals surface area contributed by atoms with E-state index in [4.69, 9.17) is 0 Å². The molecule has 34 heavy (non-hydrogen) atoms. The minimum atomic E-state index is -3.99. The molecule has 4 rings (SSSR count). The molecule has 0 saturated carbocycles. The number of hydrogen-bond acceptors (Lipinski definition) is 4. The van der Waals surface area contributed by atoms with Crippen molar-refractivity contribution in [2.24, 2.45) is 5.10 Å². The highest BCUT2D eigenvalue weighted by Gasteiger charge is 2.27. The van der Waals surface area contributed by atoms with Gasteiger partial charge in [-0.15, -0.1) is 0 Å². The van der Waals surface area contributed by atoms with Crippen LogP contribution in [0, 0.1) is 6.92 Å². The number of fused-ring (bicyclic) bond motifs is 1. The maximum Gasteiger partial charge on any atom is 0.264 e. The van der Waals surface area contributed by atoms with E-state index in [9.17, 15) is 13.2 Å². The number of sulfonamides is 1. The van der Waals surface area contributed by atoms with E-state index in [1.165, 1.54) is 12.1 Å². The highest BCUT2D eigenvalue weighted by Crippen LogP contribution is 2.26. The Hall–Kier alpha value is -3.49. The number of rotatable bonds is 7. The fourth-order valence-corrected chi connectivity index (χ4v) is 5.29. The normalized spacial score (nSPS) is 11.6. The third kappa shape index (κ3) is 5.35. The molecule has 1 amide bonds. The highest BCUT2D eigenvalue weighted by molar-refractivity contribution is 9.10. The van der Waals surface area contributed by atoms with Crippen molar-refractivity contribution in [2.75, 3.05) is 10.8 Å². The topological polar surface area (TPSA) is 78.8 Å². The second-order valence-electron chi connectivity index (χ2n) is 7.67. The Kier molecular flexibility index (Phi) is 7.09. The molecule has 0 spiro atoms.